The lowest BCUT2D eigenvalue weighted by Crippen LogP contribution is -2.49. The molecule has 1 aromatic rings. The van der Waals surface area contributed by atoms with Crippen molar-refractivity contribution in [1.29, 1.82) is 0 Å². The summed E-state index contributed by atoms with van der Waals surface area (Å²) < 4.78 is 15.7. The van der Waals surface area contributed by atoms with Crippen LogP contribution in [0.4, 0.5) is 9.39 Å². The Hall–Kier alpha value is -0.760. The number of anilines is 1. The lowest BCUT2D eigenvalue weighted by atomic mass is 9.95. The molecule has 25 heavy (non-hydrogen) atoms. The molecule has 0 saturated carbocycles. The van der Waals surface area contributed by atoms with Crippen LogP contribution in [0.5, 0.6) is 0 Å². The predicted molar refractivity (Wildman–Crippen MR) is 98.7 cm³/mol. The Morgan fingerprint density at radius 3 is 2.60 bits per heavy atom. The van der Waals surface area contributed by atoms with Gasteiger partial charge in [-0.15, -0.1) is 11.3 Å². The van der Waals surface area contributed by atoms with Crippen molar-refractivity contribution in [2.24, 2.45) is 0 Å². The lowest BCUT2D eigenvalue weighted by molar-refractivity contribution is -0.122. The monoisotopic (exact) mass is 430 g/mol. The number of thiophene rings is 1. The SMILES string of the molecule is CCOC(=O)c1c(N[C@H](NC(=O)CF)C(Cl)(Cl)Cl)sc2c1CCCC2. The minimum atomic E-state index is -1.94. The Kier molecular flexibility index (Phi) is 7.19. The highest BCUT2D eigenvalue weighted by Gasteiger charge is 2.36. The second kappa shape index (κ2) is 8.75. The molecule has 1 aromatic heterocycles. The third kappa shape index (κ3) is 5.12. The minimum Gasteiger partial charge on any atom is -0.462 e. The Bertz CT molecular complexity index is 649. The van der Waals surface area contributed by atoms with Crippen LogP contribution in [0.1, 0.15) is 40.6 Å². The van der Waals surface area contributed by atoms with Gasteiger partial charge in [-0.05, 0) is 38.2 Å². The van der Waals surface area contributed by atoms with E-state index in [9.17, 15) is 14.0 Å². The van der Waals surface area contributed by atoms with Crippen LogP contribution in [-0.2, 0) is 22.4 Å². The molecule has 0 aliphatic heterocycles. The molecule has 2 N–H and O–H groups in total. The largest absolute Gasteiger partial charge is 0.462 e. The van der Waals surface area contributed by atoms with Crippen molar-refractivity contribution in [2.75, 3.05) is 18.6 Å². The van der Waals surface area contributed by atoms with Crippen LogP contribution in [0.3, 0.4) is 0 Å². The number of fused-ring (bicyclic) bond motifs is 1. The number of hydrogen-bond donors (Lipinski definition) is 2. The summed E-state index contributed by atoms with van der Waals surface area (Å²) in [5, 5.41) is 5.59. The highest BCUT2D eigenvalue weighted by molar-refractivity contribution is 7.16. The van der Waals surface area contributed by atoms with E-state index in [0.717, 1.165) is 36.1 Å². The second-order valence-corrected chi connectivity index (χ2v) is 8.93. The minimum absolute atomic E-state index is 0.232. The van der Waals surface area contributed by atoms with Gasteiger partial charge in [0.2, 0.25) is 3.79 Å². The van der Waals surface area contributed by atoms with E-state index in [-0.39, 0.29) is 6.61 Å². The van der Waals surface area contributed by atoms with Gasteiger partial charge < -0.3 is 15.4 Å². The molecular formula is C15H18Cl3FN2O3S. The molecule has 0 fully saturated rings. The number of hydrogen-bond acceptors (Lipinski definition) is 5. The maximum Gasteiger partial charge on any atom is 0.341 e. The third-order valence-corrected chi connectivity index (χ3v) is 5.56. The van der Waals surface area contributed by atoms with Gasteiger partial charge in [-0.2, -0.15) is 0 Å². The highest BCUT2D eigenvalue weighted by atomic mass is 35.6. The van der Waals surface area contributed by atoms with E-state index in [0.29, 0.717) is 10.6 Å². The molecule has 10 heteroatoms. The van der Waals surface area contributed by atoms with Gasteiger partial charge in [-0.3, -0.25) is 4.79 Å². The summed E-state index contributed by atoms with van der Waals surface area (Å²) in [5.74, 6) is -1.40. The molecule has 0 unspecified atom stereocenters. The number of carbonyl (C=O) groups is 2. The number of alkyl halides is 4. The molecule has 5 nitrogen and oxygen atoms in total. The Morgan fingerprint density at radius 2 is 2.00 bits per heavy atom. The number of rotatable bonds is 6. The first-order valence-electron chi connectivity index (χ1n) is 7.78. The molecule has 2 rings (SSSR count). The van der Waals surface area contributed by atoms with Gasteiger partial charge in [0, 0.05) is 4.88 Å². The van der Waals surface area contributed by atoms with E-state index in [1.54, 1.807) is 6.92 Å². The molecule has 1 amide bonds. The van der Waals surface area contributed by atoms with Gasteiger partial charge in [-0.25, -0.2) is 9.18 Å². The Balaban J connectivity index is 2.37. The fraction of sp³-hybridized carbons (Fsp3) is 0.600. The van der Waals surface area contributed by atoms with Crippen molar-refractivity contribution in [2.45, 2.75) is 42.6 Å². The summed E-state index contributed by atoms with van der Waals surface area (Å²) in [5.41, 5.74) is 1.33. The zero-order valence-corrected chi connectivity index (χ0v) is 16.5. The van der Waals surface area contributed by atoms with E-state index < -0.39 is 28.5 Å². The van der Waals surface area contributed by atoms with Crippen LogP contribution in [0.25, 0.3) is 0 Å². The van der Waals surface area contributed by atoms with Crippen molar-refractivity contribution in [3.05, 3.63) is 16.0 Å². The van der Waals surface area contributed by atoms with Crippen molar-refractivity contribution >= 4 is 63.0 Å². The number of carbonyl (C=O) groups excluding carboxylic acids is 2. The first kappa shape index (κ1) is 20.6. The molecule has 0 aromatic carbocycles. The zero-order chi connectivity index (χ0) is 18.6. The first-order chi connectivity index (χ1) is 11.8. The van der Waals surface area contributed by atoms with Crippen LogP contribution >= 0.6 is 46.1 Å². The summed E-state index contributed by atoms with van der Waals surface area (Å²) in [4.78, 5) is 24.9. The summed E-state index contributed by atoms with van der Waals surface area (Å²) in [6.07, 6.45) is 2.42. The molecule has 1 heterocycles. The molecule has 1 aliphatic carbocycles. The van der Waals surface area contributed by atoms with Gasteiger partial charge in [0.25, 0.3) is 5.91 Å². The number of halogens is 4. The molecule has 1 atom stereocenters. The lowest BCUT2D eigenvalue weighted by Gasteiger charge is -2.26. The van der Waals surface area contributed by atoms with Gasteiger partial charge in [0.15, 0.2) is 6.67 Å². The maximum atomic E-state index is 12.5. The fourth-order valence-corrected chi connectivity index (χ4v) is 4.25. The smallest absolute Gasteiger partial charge is 0.341 e. The van der Waals surface area contributed by atoms with Crippen LogP contribution < -0.4 is 10.6 Å². The number of amides is 1. The van der Waals surface area contributed by atoms with E-state index in [4.69, 9.17) is 39.5 Å². The van der Waals surface area contributed by atoms with Crippen LogP contribution in [-0.4, -0.2) is 35.1 Å². The second-order valence-electron chi connectivity index (χ2n) is 5.46. The number of ether oxygens (including phenoxy) is 1. The number of aryl methyl sites for hydroxylation is 1. The van der Waals surface area contributed by atoms with Crippen LogP contribution in [0.15, 0.2) is 0 Å². The van der Waals surface area contributed by atoms with Crippen LogP contribution in [0, 0.1) is 0 Å². The van der Waals surface area contributed by atoms with Gasteiger partial charge >= 0.3 is 5.97 Å². The molecule has 0 bridgehead atoms. The number of esters is 1. The standard InChI is InChI=1S/C15H18Cl3FN2O3S/c1-2-24-13(23)11-8-5-3-4-6-9(8)25-12(11)21-14(15(16,17)18)20-10(22)7-19/h14,21H,2-7H2,1H3,(H,20,22)/t14-/m0/s1. The van der Waals surface area contributed by atoms with Gasteiger partial charge in [0.05, 0.1) is 12.2 Å². The predicted octanol–water partition coefficient (Wildman–Crippen LogP) is 4.00. The summed E-state index contributed by atoms with van der Waals surface area (Å²) in [7, 11) is 0. The zero-order valence-electron chi connectivity index (χ0n) is 13.5. The van der Waals surface area contributed by atoms with Crippen molar-refractivity contribution in [3.8, 4) is 0 Å². The highest BCUT2D eigenvalue weighted by Crippen LogP contribution is 2.40. The maximum absolute atomic E-state index is 12.5. The molecule has 0 saturated heterocycles. The average Bonchev–Trinajstić information content (AvgIpc) is 2.91. The number of nitrogens with one attached hydrogen (secondary N) is 2. The van der Waals surface area contributed by atoms with Crippen molar-refractivity contribution in [3.63, 3.8) is 0 Å². The van der Waals surface area contributed by atoms with E-state index in [1.165, 1.54) is 11.3 Å². The quantitative estimate of drug-likeness (QED) is 0.406. The molecule has 140 valence electrons. The van der Waals surface area contributed by atoms with E-state index in [1.807, 2.05) is 0 Å². The first-order valence-corrected chi connectivity index (χ1v) is 9.73. The molecular weight excluding hydrogens is 414 g/mol. The van der Waals surface area contributed by atoms with E-state index in [2.05, 4.69) is 10.6 Å². The average molecular weight is 432 g/mol. The van der Waals surface area contributed by atoms with Crippen molar-refractivity contribution in [1.82, 2.24) is 5.32 Å². The third-order valence-electron chi connectivity index (χ3n) is 3.68. The normalized spacial score (nSPS) is 15.2. The van der Waals surface area contributed by atoms with Gasteiger partial charge in [0.1, 0.15) is 11.2 Å². The van der Waals surface area contributed by atoms with Crippen LogP contribution in [0.2, 0.25) is 0 Å². The summed E-state index contributed by atoms with van der Waals surface area (Å²) in [6.45, 7) is 0.704. The Morgan fingerprint density at radius 1 is 1.32 bits per heavy atom. The van der Waals surface area contributed by atoms with E-state index >= 15 is 0 Å². The van der Waals surface area contributed by atoms with Crippen molar-refractivity contribution < 1.29 is 18.7 Å². The Labute approximate surface area is 164 Å². The summed E-state index contributed by atoms with van der Waals surface area (Å²) in [6, 6.07) is 0. The van der Waals surface area contributed by atoms with Gasteiger partial charge in [-0.1, -0.05) is 34.8 Å². The topological polar surface area (TPSA) is 67.4 Å². The fourth-order valence-electron chi connectivity index (χ4n) is 2.62. The molecule has 0 radical (unpaired) electrons. The summed E-state index contributed by atoms with van der Waals surface area (Å²) >= 11 is 19.0. The molecule has 0 spiro atoms. The molecule has 1 aliphatic rings.